The first-order valence-electron chi connectivity index (χ1n) is 4.79. The lowest BCUT2D eigenvalue weighted by Gasteiger charge is -2.05. The second-order valence-electron chi connectivity index (χ2n) is 3.24. The summed E-state index contributed by atoms with van der Waals surface area (Å²) in [5, 5.41) is 4.23. The summed E-state index contributed by atoms with van der Waals surface area (Å²) in [5.74, 6) is 0. The van der Waals surface area contributed by atoms with Crippen molar-refractivity contribution in [2.24, 2.45) is 5.73 Å². The molecular weight excluding hydrogens is 254 g/mol. The molecule has 1 aromatic carbocycles. The second kappa shape index (κ2) is 4.59. The Labute approximate surface area is 97.0 Å². The lowest BCUT2D eigenvalue weighted by molar-refractivity contribution is 0.631. The van der Waals surface area contributed by atoms with Crippen molar-refractivity contribution in [1.29, 1.82) is 0 Å². The molecule has 0 bridgehead atoms. The van der Waals surface area contributed by atoms with Gasteiger partial charge in [-0.3, -0.25) is 4.68 Å². The number of halogens is 1. The Morgan fingerprint density at radius 2 is 1.93 bits per heavy atom. The third-order valence-corrected chi connectivity index (χ3v) is 2.73. The summed E-state index contributed by atoms with van der Waals surface area (Å²) in [6.07, 6.45) is 1.80. The summed E-state index contributed by atoms with van der Waals surface area (Å²) in [7, 11) is 0. The highest BCUT2D eigenvalue weighted by Gasteiger charge is 2.03. The quantitative estimate of drug-likeness (QED) is 0.926. The first kappa shape index (κ1) is 10.4. The highest BCUT2D eigenvalue weighted by molar-refractivity contribution is 9.10. The fourth-order valence-corrected chi connectivity index (χ4v) is 1.76. The van der Waals surface area contributed by atoms with Gasteiger partial charge in [0.05, 0.1) is 12.2 Å². The highest BCUT2D eigenvalue weighted by Crippen LogP contribution is 2.21. The zero-order chi connectivity index (χ0) is 10.7. The van der Waals surface area contributed by atoms with Crippen molar-refractivity contribution in [2.75, 3.05) is 6.54 Å². The smallest absolute Gasteiger partial charge is 0.0682 e. The van der Waals surface area contributed by atoms with Crippen molar-refractivity contribution < 1.29 is 0 Å². The van der Waals surface area contributed by atoms with Crippen molar-refractivity contribution in [1.82, 2.24) is 9.78 Å². The summed E-state index contributed by atoms with van der Waals surface area (Å²) in [4.78, 5) is 0. The molecule has 0 aliphatic heterocycles. The van der Waals surface area contributed by atoms with Gasteiger partial charge in [0.25, 0.3) is 0 Å². The number of hydrogen-bond donors (Lipinski definition) is 1. The maximum atomic E-state index is 5.52. The van der Waals surface area contributed by atoms with E-state index in [2.05, 4.69) is 33.2 Å². The number of benzene rings is 1. The number of aromatic nitrogens is 2. The van der Waals surface area contributed by atoms with E-state index in [4.69, 9.17) is 5.73 Å². The third-order valence-electron chi connectivity index (χ3n) is 2.20. The fourth-order valence-electron chi connectivity index (χ4n) is 1.50. The average molecular weight is 266 g/mol. The van der Waals surface area contributed by atoms with Crippen LogP contribution in [0.5, 0.6) is 0 Å². The minimum absolute atomic E-state index is 0.602. The Morgan fingerprint density at radius 1 is 1.20 bits per heavy atom. The first-order chi connectivity index (χ1) is 7.31. The molecule has 0 unspecified atom stereocenters. The van der Waals surface area contributed by atoms with E-state index in [1.165, 1.54) is 0 Å². The predicted molar refractivity (Wildman–Crippen MR) is 64.4 cm³/mol. The molecular formula is C11H12BrN3. The molecule has 0 spiro atoms. The van der Waals surface area contributed by atoms with Gasteiger partial charge in [0.15, 0.2) is 0 Å². The van der Waals surface area contributed by atoms with E-state index < -0.39 is 0 Å². The molecule has 0 radical (unpaired) electrons. The predicted octanol–water partition coefficient (Wildman–Crippen LogP) is 2.27. The van der Waals surface area contributed by atoms with Crippen LogP contribution in [0.1, 0.15) is 0 Å². The maximum Gasteiger partial charge on any atom is 0.0682 e. The maximum absolute atomic E-state index is 5.52. The van der Waals surface area contributed by atoms with Crippen LogP contribution in [0.15, 0.2) is 41.0 Å². The normalized spacial score (nSPS) is 10.5. The monoisotopic (exact) mass is 265 g/mol. The van der Waals surface area contributed by atoms with Gasteiger partial charge >= 0.3 is 0 Å². The van der Waals surface area contributed by atoms with Gasteiger partial charge in [-0.25, -0.2) is 0 Å². The molecule has 0 aliphatic carbocycles. The SMILES string of the molecule is NCCn1nccc1-c1ccc(Br)cc1. The standard InChI is InChI=1S/C11H12BrN3/c12-10-3-1-9(2-4-10)11-5-7-14-15(11)8-6-13/h1-5,7H,6,8,13H2. The van der Waals surface area contributed by atoms with Crippen molar-refractivity contribution >= 4 is 15.9 Å². The van der Waals surface area contributed by atoms with Crippen molar-refractivity contribution in [2.45, 2.75) is 6.54 Å². The molecule has 0 atom stereocenters. The Hall–Kier alpha value is -1.13. The van der Waals surface area contributed by atoms with Gasteiger partial charge in [-0.15, -0.1) is 0 Å². The Bertz CT molecular complexity index is 433. The molecule has 3 nitrogen and oxygen atoms in total. The van der Waals surface area contributed by atoms with Gasteiger partial charge in [-0.05, 0) is 23.8 Å². The van der Waals surface area contributed by atoms with Gasteiger partial charge in [-0.2, -0.15) is 5.10 Å². The minimum atomic E-state index is 0.602. The largest absolute Gasteiger partial charge is 0.329 e. The molecule has 0 saturated carbocycles. The number of hydrogen-bond acceptors (Lipinski definition) is 2. The Morgan fingerprint density at radius 3 is 2.60 bits per heavy atom. The third kappa shape index (κ3) is 2.27. The van der Waals surface area contributed by atoms with Crippen LogP contribution >= 0.6 is 15.9 Å². The molecule has 0 amide bonds. The number of nitrogens with two attached hydrogens (primary N) is 1. The van der Waals surface area contributed by atoms with E-state index in [9.17, 15) is 0 Å². The minimum Gasteiger partial charge on any atom is -0.329 e. The van der Waals surface area contributed by atoms with E-state index in [0.29, 0.717) is 6.54 Å². The van der Waals surface area contributed by atoms with E-state index >= 15 is 0 Å². The summed E-state index contributed by atoms with van der Waals surface area (Å²) >= 11 is 3.42. The van der Waals surface area contributed by atoms with Crippen LogP contribution in [0, 0.1) is 0 Å². The summed E-state index contributed by atoms with van der Waals surface area (Å²) < 4.78 is 3.00. The molecule has 2 rings (SSSR count). The lowest BCUT2D eigenvalue weighted by atomic mass is 10.1. The van der Waals surface area contributed by atoms with Gasteiger partial charge in [0.2, 0.25) is 0 Å². The first-order valence-corrected chi connectivity index (χ1v) is 5.58. The Balaban J connectivity index is 2.36. The molecule has 4 heteroatoms. The average Bonchev–Trinajstić information content (AvgIpc) is 2.68. The van der Waals surface area contributed by atoms with E-state index in [0.717, 1.165) is 22.3 Å². The van der Waals surface area contributed by atoms with E-state index in [1.54, 1.807) is 6.20 Å². The van der Waals surface area contributed by atoms with Gasteiger partial charge in [0, 0.05) is 17.2 Å². The van der Waals surface area contributed by atoms with E-state index in [1.807, 2.05) is 22.9 Å². The van der Waals surface area contributed by atoms with E-state index in [-0.39, 0.29) is 0 Å². The van der Waals surface area contributed by atoms with Crippen LogP contribution in [-0.2, 0) is 6.54 Å². The molecule has 0 aliphatic rings. The molecule has 15 heavy (non-hydrogen) atoms. The number of nitrogens with zero attached hydrogens (tertiary/aromatic N) is 2. The zero-order valence-electron chi connectivity index (χ0n) is 8.23. The van der Waals surface area contributed by atoms with Crippen LogP contribution in [0.25, 0.3) is 11.3 Å². The molecule has 1 aromatic heterocycles. The molecule has 1 heterocycles. The zero-order valence-corrected chi connectivity index (χ0v) is 9.81. The van der Waals surface area contributed by atoms with Crippen LogP contribution in [0.3, 0.4) is 0 Å². The Kier molecular flexibility index (Phi) is 3.18. The van der Waals surface area contributed by atoms with Crippen molar-refractivity contribution in [3.05, 3.63) is 41.0 Å². The highest BCUT2D eigenvalue weighted by atomic mass is 79.9. The van der Waals surface area contributed by atoms with Gasteiger partial charge < -0.3 is 5.73 Å². The van der Waals surface area contributed by atoms with Crippen LogP contribution in [0.2, 0.25) is 0 Å². The number of rotatable bonds is 3. The summed E-state index contributed by atoms with van der Waals surface area (Å²) in [6.45, 7) is 1.35. The molecule has 2 N–H and O–H groups in total. The topological polar surface area (TPSA) is 43.8 Å². The summed E-state index contributed by atoms with van der Waals surface area (Å²) in [5.41, 5.74) is 7.78. The second-order valence-corrected chi connectivity index (χ2v) is 4.15. The summed E-state index contributed by atoms with van der Waals surface area (Å²) in [6, 6.07) is 10.2. The van der Waals surface area contributed by atoms with Gasteiger partial charge in [0.1, 0.15) is 0 Å². The van der Waals surface area contributed by atoms with Crippen molar-refractivity contribution in [3.63, 3.8) is 0 Å². The molecule has 0 saturated heterocycles. The van der Waals surface area contributed by atoms with Crippen molar-refractivity contribution in [3.8, 4) is 11.3 Å². The van der Waals surface area contributed by atoms with Gasteiger partial charge in [-0.1, -0.05) is 28.1 Å². The van der Waals surface area contributed by atoms with Crippen LogP contribution in [-0.4, -0.2) is 16.3 Å². The van der Waals surface area contributed by atoms with Crippen LogP contribution in [0.4, 0.5) is 0 Å². The molecule has 78 valence electrons. The molecule has 2 aromatic rings. The van der Waals surface area contributed by atoms with Crippen LogP contribution < -0.4 is 5.73 Å². The lowest BCUT2D eigenvalue weighted by Crippen LogP contribution is -2.11. The fraction of sp³-hybridized carbons (Fsp3) is 0.182. The molecule has 0 fully saturated rings.